The van der Waals surface area contributed by atoms with Gasteiger partial charge in [-0.05, 0) is 37.5 Å². The number of carbonyl (C=O) groups is 3. The largest absolute Gasteiger partial charge is 0.458 e. The number of nitrogens with zero attached hydrogens (tertiary/aromatic N) is 1. The van der Waals surface area contributed by atoms with Crippen LogP contribution in [-0.2, 0) is 19.1 Å². The fourth-order valence-corrected chi connectivity index (χ4v) is 3.84. The molecule has 1 aromatic rings. The number of imide groups is 1. The van der Waals surface area contributed by atoms with Crippen LogP contribution in [0.3, 0.4) is 0 Å². The Morgan fingerprint density at radius 3 is 2.28 bits per heavy atom. The van der Waals surface area contributed by atoms with E-state index in [9.17, 15) is 14.4 Å². The average molecular weight is 364 g/mol. The van der Waals surface area contributed by atoms with Crippen LogP contribution in [0.15, 0.2) is 24.3 Å². The summed E-state index contributed by atoms with van der Waals surface area (Å²) < 4.78 is 5.39. The minimum Gasteiger partial charge on any atom is -0.458 e. The van der Waals surface area contributed by atoms with E-state index in [2.05, 4.69) is 0 Å². The number of carbonyl (C=O) groups excluding carboxylic acids is 3. The lowest BCUT2D eigenvalue weighted by molar-refractivity contribution is -0.149. The molecule has 134 valence electrons. The monoisotopic (exact) mass is 363 g/mol. The third-order valence-corrected chi connectivity index (χ3v) is 5.37. The Balaban J connectivity index is 1.52. The molecule has 3 rings (SSSR count). The molecule has 0 radical (unpaired) electrons. The molecular formula is C19H22ClNO4. The zero-order valence-electron chi connectivity index (χ0n) is 14.2. The van der Waals surface area contributed by atoms with Gasteiger partial charge in [0.05, 0.1) is 18.3 Å². The lowest BCUT2D eigenvalue weighted by Crippen LogP contribution is -2.33. The van der Waals surface area contributed by atoms with E-state index in [4.69, 9.17) is 16.3 Å². The summed E-state index contributed by atoms with van der Waals surface area (Å²) in [6.07, 6.45) is 3.17. The SMILES string of the molecule is C[C@@H](OC(=O)CCN1C(=O)[C@H]2CCCC[C@@H]2C1=O)c1ccc(Cl)cc1. The molecule has 5 nitrogen and oxygen atoms in total. The van der Waals surface area contributed by atoms with Crippen molar-refractivity contribution in [2.24, 2.45) is 11.8 Å². The number of hydrogen-bond acceptors (Lipinski definition) is 4. The van der Waals surface area contributed by atoms with Crippen molar-refractivity contribution in [3.63, 3.8) is 0 Å². The smallest absolute Gasteiger partial charge is 0.308 e. The predicted molar refractivity (Wildman–Crippen MR) is 92.7 cm³/mol. The van der Waals surface area contributed by atoms with Gasteiger partial charge in [0.1, 0.15) is 6.10 Å². The number of amides is 2. The molecule has 0 bridgehead atoms. The number of benzene rings is 1. The van der Waals surface area contributed by atoms with Crippen LogP contribution < -0.4 is 0 Å². The molecule has 0 aromatic heterocycles. The standard InChI is InChI=1S/C19H22ClNO4/c1-12(13-6-8-14(20)9-7-13)25-17(22)10-11-21-18(23)15-4-2-3-5-16(15)19(21)24/h6-9,12,15-16H,2-5,10-11H2,1H3/t12-,15+,16+/m1/s1. The van der Waals surface area contributed by atoms with Crippen LogP contribution in [-0.4, -0.2) is 29.2 Å². The first-order valence-corrected chi connectivity index (χ1v) is 9.15. The van der Waals surface area contributed by atoms with E-state index >= 15 is 0 Å². The summed E-state index contributed by atoms with van der Waals surface area (Å²) in [5.41, 5.74) is 0.845. The highest BCUT2D eigenvalue weighted by Gasteiger charge is 2.47. The van der Waals surface area contributed by atoms with Crippen molar-refractivity contribution in [1.82, 2.24) is 4.90 Å². The topological polar surface area (TPSA) is 63.7 Å². The molecule has 1 aromatic carbocycles. The first kappa shape index (κ1) is 17.9. The van der Waals surface area contributed by atoms with Crippen molar-refractivity contribution in [2.45, 2.75) is 45.1 Å². The Kier molecular flexibility index (Phi) is 5.42. The molecule has 2 aliphatic rings. The van der Waals surface area contributed by atoms with Crippen LogP contribution in [0.1, 0.15) is 50.7 Å². The summed E-state index contributed by atoms with van der Waals surface area (Å²) in [4.78, 5) is 38.1. The number of esters is 1. The third-order valence-electron chi connectivity index (χ3n) is 5.12. The van der Waals surface area contributed by atoms with E-state index in [1.807, 2.05) is 0 Å². The number of likely N-dealkylation sites (tertiary alicyclic amines) is 1. The van der Waals surface area contributed by atoms with Gasteiger partial charge in [-0.1, -0.05) is 36.6 Å². The van der Waals surface area contributed by atoms with Crippen molar-refractivity contribution in [3.05, 3.63) is 34.9 Å². The van der Waals surface area contributed by atoms with Crippen LogP contribution in [0, 0.1) is 11.8 Å². The first-order chi connectivity index (χ1) is 12.0. The van der Waals surface area contributed by atoms with Gasteiger partial charge in [-0.15, -0.1) is 0 Å². The van der Waals surface area contributed by atoms with Crippen LogP contribution in [0.5, 0.6) is 0 Å². The normalized spacial score (nSPS) is 24.2. The maximum Gasteiger partial charge on any atom is 0.308 e. The summed E-state index contributed by atoms with van der Waals surface area (Å²) in [7, 11) is 0. The highest BCUT2D eigenvalue weighted by molar-refractivity contribution is 6.30. The van der Waals surface area contributed by atoms with E-state index in [1.165, 1.54) is 4.90 Å². The van der Waals surface area contributed by atoms with E-state index in [0.717, 1.165) is 31.2 Å². The molecule has 0 unspecified atom stereocenters. The van der Waals surface area contributed by atoms with Crippen molar-refractivity contribution in [2.75, 3.05) is 6.54 Å². The number of fused-ring (bicyclic) bond motifs is 1. The average Bonchev–Trinajstić information content (AvgIpc) is 2.85. The lowest BCUT2D eigenvalue weighted by atomic mass is 9.81. The quantitative estimate of drug-likeness (QED) is 0.593. The summed E-state index contributed by atoms with van der Waals surface area (Å²) in [6, 6.07) is 7.09. The number of ether oxygens (including phenoxy) is 1. The molecule has 0 spiro atoms. The van der Waals surface area contributed by atoms with Crippen LogP contribution in [0.2, 0.25) is 5.02 Å². The summed E-state index contributed by atoms with van der Waals surface area (Å²) in [6.45, 7) is 1.89. The fourth-order valence-electron chi connectivity index (χ4n) is 3.71. The van der Waals surface area contributed by atoms with E-state index in [1.54, 1.807) is 31.2 Å². The van der Waals surface area contributed by atoms with Gasteiger partial charge in [-0.25, -0.2) is 0 Å². The zero-order valence-corrected chi connectivity index (χ0v) is 15.0. The highest BCUT2D eigenvalue weighted by Crippen LogP contribution is 2.38. The Morgan fingerprint density at radius 2 is 1.72 bits per heavy atom. The Bertz CT molecular complexity index is 649. The maximum absolute atomic E-state index is 12.4. The molecule has 1 saturated carbocycles. The molecular weight excluding hydrogens is 342 g/mol. The van der Waals surface area contributed by atoms with Gasteiger partial charge in [0.25, 0.3) is 0 Å². The second kappa shape index (κ2) is 7.56. The second-order valence-corrected chi connectivity index (χ2v) is 7.20. The van der Waals surface area contributed by atoms with Crippen molar-refractivity contribution in [1.29, 1.82) is 0 Å². The van der Waals surface area contributed by atoms with Gasteiger partial charge in [0.2, 0.25) is 11.8 Å². The Labute approximate surface area is 152 Å². The Morgan fingerprint density at radius 1 is 1.16 bits per heavy atom. The van der Waals surface area contributed by atoms with Gasteiger partial charge in [-0.2, -0.15) is 0 Å². The van der Waals surface area contributed by atoms with Gasteiger partial charge in [0.15, 0.2) is 0 Å². The number of halogens is 1. The Hall–Kier alpha value is -1.88. The molecule has 1 saturated heterocycles. The van der Waals surface area contributed by atoms with Gasteiger partial charge in [-0.3, -0.25) is 19.3 Å². The van der Waals surface area contributed by atoms with Crippen LogP contribution >= 0.6 is 11.6 Å². The number of hydrogen-bond donors (Lipinski definition) is 0. The highest BCUT2D eigenvalue weighted by atomic mass is 35.5. The molecule has 25 heavy (non-hydrogen) atoms. The van der Waals surface area contributed by atoms with E-state index in [-0.39, 0.29) is 36.6 Å². The van der Waals surface area contributed by atoms with Crippen molar-refractivity contribution >= 4 is 29.4 Å². The summed E-state index contributed by atoms with van der Waals surface area (Å²) in [5.74, 6) is -1.00. The molecule has 3 atom stereocenters. The van der Waals surface area contributed by atoms with Crippen LogP contribution in [0.4, 0.5) is 0 Å². The molecule has 0 N–H and O–H groups in total. The fraction of sp³-hybridized carbons (Fsp3) is 0.526. The van der Waals surface area contributed by atoms with E-state index in [0.29, 0.717) is 5.02 Å². The minimum atomic E-state index is -0.419. The lowest BCUT2D eigenvalue weighted by Gasteiger charge is -2.19. The zero-order chi connectivity index (χ0) is 18.0. The number of rotatable bonds is 5. The van der Waals surface area contributed by atoms with E-state index < -0.39 is 12.1 Å². The van der Waals surface area contributed by atoms with Crippen molar-refractivity contribution in [3.8, 4) is 0 Å². The second-order valence-electron chi connectivity index (χ2n) is 6.76. The van der Waals surface area contributed by atoms with Gasteiger partial charge < -0.3 is 4.74 Å². The summed E-state index contributed by atoms with van der Waals surface area (Å²) >= 11 is 5.85. The summed E-state index contributed by atoms with van der Waals surface area (Å²) in [5, 5.41) is 0.620. The maximum atomic E-state index is 12.4. The van der Waals surface area contributed by atoms with Crippen molar-refractivity contribution < 1.29 is 19.1 Å². The molecule has 1 aliphatic carbocycles. The molecule has 2 amide bonds. The first-order valence-electron chi connectivity index (χ1n) is 8.77. The van der Waals surface area contributed by atoms with Crippen LogP contribution in [0.25, 0.3) is 0 Å². The predicted octanol–water partition coefficient (Wildman–Crippen LogP) is 3.51. The third kappa shape index (κ3) is 3.87. The molecule has 1 heterocycles. The molecule has 2 fully saturated rings. The molecule has 6 heteroatoms. The van der Waals surface area contributed by atoms with Gasteiger partial charge in [0, 0.05) is 11.6 Å². The minimum absolute atomic E-state index is 0.0227. The van der Waals surface area contributed by atoms with Gasteiger partial charge >= 0.3 is 5.97 Å². The molecule has 1 aliphatic heterocycles.